The van der Waals surface area contributed by atoms with E-state index in [9.17, 15) is 13.2 Å². The normalized spacial score (nSPS) is 11.5. The van der Waals surface area contributed by atoms with Crippen molar-refractivity contribution in [2.75, 3.05) is 13.7 Å². The van der Waals surface area contributed by atoms with Crippen molar-refractivity contribution < 1.29 is 17.9 Å². The molecule has 25 heavy (non-hydrogen) atoms. The van der Waals surface area contributed by atoms with E-state index < -0.39 is 10.0 Å². The van der Waals surface area contributed by atoms with Crippen LogP contribution in [0, 0.1) is 0 Å². The maximum atomic E-state index is 13.0. The summed E-state index contributed by atoms with van der Waals surface area (Å²) in [7, 11) is -2.27. The second-order valence-corrected chi connectivity index (χ2v) is 7.66. The van der Waals surface area contributed by atoms with Gasteiger partial charge in [0.2, 0.25) is 10.0 Å². The minimum Gasteiger partial charge on any atom is -0.469 e. The zero-order valence-electron chi connectivity index (χ0n) is 14.5. The summed E-state index contributed by atoms with van der Waals surface area (Å²) in [5, 5.41) is 0. The number of ether oxygens (including phenoxy) is 1. The van der Waals surface area contributed by atoms with Gasteiger partial charge >= 0.3 is 5.97 Å². The Balaban J connectivity index is 2.22. The van der Waals surface area contributed by atoms with Gasteiger partial charge in [0, 0.05) is 13.1 Å². The van der Waals surface area contributed by atoms with E-state index in [2.05, 4.69) is 4.74 Å². The van der Waals surface area contributed by atoms with Crippen LogP contribution in [0.2, 0.25) is 0 Å². The van der Waals surface area contributed by atoms with Gasteiger partial charge < -0.3 is 4.74 Å². The fraction of sp³-hybridized carbons (Fsp3) is 0.316. The fourth-order valence-electron chi connectivity index (χ4n) is 2.49. The Labute approximate surface area is 149 Å². The third-order valence-electron chi connectivity index (χ3n) is 3.81. The van der Waals surface area contributed by atoms with E-state index in [4.69, 9.17) is 0 Å². The molecule has 0 aromatic heterocycles. The molecule has 0 aliphatic carbocycles. The van der Waals surface area contributed by atoms with Crippen LogP contribution in [-0.2, 0) is 32.5 Å². The van der Waals surface area contributed by atoms with Crippen molar-refractivity contribution in [2.45, 2.75) is 31.2 Å². The van der Waals surface area contributed by atoms with Crippen LogP contribution >= 0.6 is 0 Å². The average Bonchev–Trinajstić information content (AvgIpc) is 2.62. The maximum absolute atomic E-state index is 13.0. The van der Waals surface area contributed by atoms with Gasteiger partial charge in [0.05, 0.1) is 18.4 Å². The second kappa shape index (κ2) is 8.78. The largest absolute Gasteiger partial charge is 0.469 e. The number of carbonyl (C=O) groups is 1. The summed E-state index contributed by atoms with van der Waals surface area (Å²) in [4.78, 5) is 11.5. The van der Waals surface area contributed by atoms with Crippen LogP contribution in [0.15, 0.2) is 59.5 Å². The minimum atomic E-state index is -3.60. The molecular weight excluding hydrogens is 338 g/mol. The molecule has 5 nitrogen and oxygen atoms in total. The lowest BCUT2D eigenvalue weighted by atomic mass is 10.2. The van der Waals surface area contributed by atoms with E-state index in [1.165, 1.54) is 11.4 Å². The molecule has 0 atom stereocenters. The number of carbonyl (C=O) groups excluding carboxylic acids is 1. The lowest BCUT2D eigenvalue weighted by Gasteiger charge is -2.22. The number of hydrogen-bond donors (Lipinski definition) is 0. The predicted octanol–water partition coefficient (Wildman–Crippen LogP) is 3.00. The summed E-state index contributed by atoms with van der Waals surface area (Å²) >= 11 is 0. The second-order valence-electron chi connectivity index (χ2n) is 5.72. The van der Waals surface area contributed by atoms with E-state index in [-0.39, 0.29) is 17.3 Å². The van der Waals surface area contributed by atoms with Crippen molar-refractivity contribution in [1.29, 1.82) is 0 Å². The average molecular weight is 361 g/mol. The van der Waals surface area contributed by atoms with Gasteiger partial charge in [-0.1, -0.05) is 49.4 Å². The van der Waals surface area contributed by atoms with E-state index in [0.29, 0.717) is 13.1 Å². The third-order valence-corrected chi connectivity index (χ3v) is 5.67. The standard InChI is InChI=1S/C19H23NO4S/c1-3-13-20(15-17-7-5-4-6-8-17)25(22,23)18-11-9-16(10-12-18)14-19(21)24-2/h4-12H,3,13-15H2,1-2H3. The Morgan fingerprint density at radius 2 is 1.64 bits per heavy atom. The molecule has 0 heterocycles. The topological polar surface area (TPSA) is 63.7 Å². The molecule has 0 aliphatic heterocycles. The molecule has 2 aromatic rings. The molecule has 0 bridgehead atoms. The molecule has 0 radical (unpaired) electrons. The van der Waals surface area contributed by atoms with E-state index >= 15 is 0 Å². The number of rotatable bonds is 8. The highest BCUT2D eigenvalue weighted by Gasteiger charge is 2.24. The Morgan fingerprint density at radius 3 is 2.20 bits per heavy atom. The number of esters is 1. The summed E-state index contributed by atoms with van der Waals surface area (Å²) in [5.74, 6) is -0.354. The van der Waals surface area contributed by atoms with Crippen molar-refractivity contribution in [2.24, 2.45) is 0 Å². The number of sulfonamides is 1. The molecule has 0 unspecified atom stereocenters. The number of nitrogens with zero attached hydrogens (tertiary/aromatic N) is 1. The molecular formula is C19H23NO4S. The van der Waals surface area contributed by atoms with Crippen LogP contribution in [0.5, 0.6) is 0 Å². The summed E-state index contributed by atoms with van der Waals surface area (Å²) in [6, 6.07) is 15.9. The van der Waals surface area contributed by atoms with Gasteiger partial charge in [-0.05, 0) is 29.7 Å². The highest BCUT2D eigenvalue weighted by Crippen LogP contribution is 2.19. The van der Waals surface area contributed by atoms with E-state index in [1.54, 1.807) is 24.3 Å². The summed E-state index contributed by atoms with van der Waals surface area (Å²) < 4.78 is 32.0. The highest BCUT2D eigenvalue weighted by atomic mass is 32.2. The Kier molecular flexibility index (Phi) is 6.73. The first-order chi connectivity index (χ1) is 12.0. The number of methoxy groups -OCH3 is 1. The van der Waals surface area contributed by atoms with Gasteiger partial charge in [-0.2, -0.15) is 4.31 Å². The quantitative estimate of drug-likeness (QED) is 0.678. The van der Waals surface area contributed by atoms with Crippen molar-refractivity contribution in [1.82, 2.24) is 4.31 Å². The van der Waals surface area contributed by atoms with Gasteiger partial charge in [-0.15, -0.1) is 0 Å². The van der Waals surface area contributed by atoms with E-state index in [0.717, 1.165) is 17.5 Å². The van der Waals surface area contributed by atoms with Crippen LogP contribution < -0.4 is 0 Å². The Morgan fingerprint density at radius 1 is 1.00 bits per heavy atom. The van der Waals surface area contributed by atoms with Crippen molar-refractivity contribution in [3.05, 3.63) is 65.7 Å². The van der Waals surface area contributed by atoms with Crippen molar-refractivity contribution >= 4 is 16.0 Å². The molecule has 134 valence electrons. The van der Waals surface area contributed by atoms with Gasteiger partial charge in [0.25, 0.3) is 0 Å². The first-order valence-corrected chi connectivity index (χ1v) is 9.61. The molecule has 0 N–H and O–H groups in total. The molecule has 0 saturated heterocycles. The lowest BCUT2D eigenvalue weighted by Crippen LogP contribution is -2.31. The molecule has 0 aliphatic rings. The highest BCUT2D eigenvalue weighted by molar-refractivity contribution is 7.89. The molecule has 6 heteroatoms. The fourth-order valence-corrected chi connectivity index (χ4v) is 4.01. The monoisotopic (exact) mass is 361 g/mol. The van der Waals surface area contributed by atoms with Crippen molar-refractivity contribution in [3.63, 3.8) is 0 Å². The SMILES string of the molecule is CCCN(Cc1ccccc1)S(=O)(=O)c1ccc(CC(=O)OC)cc1. The Hall–Kier alpha value is -2.18. The maximum Gasteiger partial charge on any atom is 0.309 e. The van der Waals surface area contributed by atoms with Crippen LogP contribution in [-0.4, -0.2) is 32.3 Å². The molecule has 0 amide bonds. The smallest absolute Gasteiger partial charge is 0.309 e. The summed E-state index contributed by atoms with van der Waals surface area (Å²) in [6.07, 6.45) is 0.853. The van der Waals surface area contributed by atoms with Gasteiger partial charge in [-0.25, -0.2) is 8.42 Å². The summed E-state index contributed by atoms with van der Waals surface area (Å²) in [6.45, 7) is 2.73. The van der Waals surface area contributed by atoms with Gasteiger partial charge in [0.1, 0.15) is 0 Å². The number of benzene rings is 2. The van der Waals surface area contributed by atoms with Crippen LogP contribution in [0.25, 0.3) is 0 Å². The molecule has 2 rings (SSSR count). The van der Waals surface area contributed by atoms with Crippen LogP contribution in [0.3, 0.4) is 0 Å². The van der Waals surface area contributed by atoms with Crippen molar-refractivity contribution in [3.8, 4) is 0 Å². The molecule has 2 aromatic carbocycles. The van der Waals surface area contributed by atoms with Crippen LogP contribution in [0.1, 0.15) is 24.5 Å². The lowest BCUT2D eigenvalue weighted by molar-refractivity contribution is -0.139. The van der Waals surface area contributed by atoms with E-state index in [1.807, 2.05) is 37.3 Å². The zero-order valence-corrected chi connectivity index (χ0v) is 15.3. The minimum absolute atomic E-state index is 0.125. The third kappa shape index (κ3) is 5.14. The van der Waals surface area contributed by atoms with Gasteiger partial charge in [0.15, 0.2) is 0 Å². The molecule has 0 saturated carbocycles. The number of hydrogen-bond acceptors (Lipinski definition) is 4. The zero-order chi connectivity index (χ0) is 18.3. The first kappa shape index (κ1) is 19.1. The Bertz CT molecular complexity index is 786. The summed E-state index contributed by atoms with van der Waals surface area (Å²) in [5.41, 5.74) is 1.66. The van der Waals surface area contributed by atoms with Gasteiger partial charge in [-0.3, -0.25) is 4.79 Å². The molecule has 0 fully saturated rings. The first-order valence-electron chi connectivity index (χ1n) is 8.17. The predicted molar refractivity (Wildman–Crippen MR) is 96.5 cm³/mol. The van der Waals surface area contributed by atoms with Crippen LogP contribution in [0.4, 0.5) is 0 Å². The molecule has 0 spiro atoms.